The van der Waals surface area contributed by atoms with Crippen molar-refractivity contribution in [2.45, 2.75) is 57.9 Å². The Bertz CT molecular complexity index is 863. The number of benzene rings is 2. The van der Waals surface area contributed by atoms with E-state index in [9.17, 15) is 4.79 Å². The van der Waals surface area contributed by atoms with Crippen LogP contribution in [-0.2, 0) is 4.79 Å². The maximum atomic E-state index is 12.0. The molecule has 1 fully saturated rings. The average Bonchev–Trinajstić information content (AvgIpc) is 3.11. The Morgan fingerprint density at radius 1 is 1.00 bits per heavy atom. The minimum absolute atomic E-state index is 0.0908. The summed E-state index contributed by atoms with van der Waals surface area (Å²) in [5, 5.41) is 3.18. The van der Waals surface area contributed by atoms with Gasteiger partial charge in [0.1, 0.15) is 0 Å². The molecule has 3 nitrogen and oxygen atoms in total. The molecule has 0 unspecified atom stereocenters. The minimum Gasteiger partial charge on any atom is -0.350 e. The van der Waals surface area contributed by atoms with Crippen LogP contribution in [-0.4, -0.2) is 36.5 Å². The first kappa shape index (κ1) is 20.9. The van der Waals surface area contributed by atoms with Crippen molar-refractivity contribution in [1.29, 1.82) is 0 Å². The van der Waals surface area contributed by atoms with E-state index in [4.69, 9.17) is 0 Å². The van der Waals surface area contributed by atoms with Gasteiger partial charge in [0.2, 0.25) is 5.91 Å². The van der Waals surface area contributed by atoms with Crippen LogP contribution in [0.4, 0.5) is 0 Å². The van der Waals surface area contributed by atoms with Gasteiger partial charge in [0, 0.05) is 30.6 Å². The summed E-state index contributed by atoms with van der Waals surface area (Å²) in [5.41, 5.74) is 6.68. The van der Waals surface area contributed by atoms with Gasteiger partial charge in [-0.3, -0.25) is 4.79 Å². The molecule has 0 spiro atoms. The van der Waals surface area contributed by atoms with Gasteiger partial charge in [0.05, 0.1) is 0 Å². The summed E-state index contributed by atoms with van der Waals surface area (Å²) < 4.78 is 0. The Labute approximate surface area is 181 Å². The number of carbonyl (C=O) groups excluding carboxylic acids is 1. The molecule has 158 valence electrons. The van der Waals surface area contributed by atoms with Crippen LogP contribution >= 0.6 is 0 Å². The summed E-state index contributed by atoms with van der Waals surface area (Å²) in [4.78, 5) is 14.6. The van der Waals surface area contributed by atoms with E-state index in [1.165, 1.54) is 48.1 Å². The van der Waals surface area contributed by atoms with Crippen molar-refractivity contribution in [2.75, 3.05) is 19.6 Å². The quantitative estimate of drug-likeness (QED) is 0.489. The molecule has 0 radical (unpaired) electrons. The average molecular weight is 403 g/mol. The lowest BCUT2D eigenvalue weighted by Gasteiger charge is -2.32. The largest absolute Gasteiger partial charge is 0.350 e. The van der Waals surface area contributed by atoms with E-state index in [1.807, 2.05) is 19.9 Å². The minimum atomic E-state index is 0.0908. The van der Waals surface area contributed by atoms with Crippen LogP contribution < -0.4 is 5.32 Å². The molecule has 1 aliphatic carbocycles. The van der Waals surface area contributed by atoms with Gasteiger partial charge >= 0.3 is 0 Å². The fraction of sp³-hybridized carbons (Fsp3) is 0.444. The number of rotatable bonds is 7. The number of piperidine rings is 1. The van der Waals surface area contributed by atoms with Crippen LogP contribution in [0.1, 0.15) is 63.0 Å². The van der Waals surface area contributed by atoms with Gasteiger partial charge in [0.25, 0.3) is 0 Å². The molecule has 1 saturated heterocycles. The van der Waals surface area contributed by atoms with Crippen molar-refractivity contribution in [3.63, 3.8) is 0 Å². The van der Waals surface area contributed by atoms with Crippen molar-refractivity contribution < 1.29 is 4.79 Å². The lowest BCUT2D eigenvalue weighted by molar-refractivity contribution is -0.118. The van der Waals surface area contributed by atoms with Crippen LogP contribution in [0, 0.1) is 0 Å². The third-order valence-electron chi connectivity index (χ3n) is 6.89. The topological polar surface area (TPSA) is 32.3 Å². The van der Waals surface area contributed by atoms with Gasteiger partial charge < -0.3 is 10.2 Å². The third-order valence-corrected chi connectivity index (χ3v) is 6.89. The summed E-state index contributed by atoms with van der Waals surface area (Å²) in [7, 11) is 0. The van der Waals surface area contributed by atoms with Gasteiger partial charge in [-0.05, 0) is 68.3 Å². The van der Waals surface area contributed by atoms with E-state index in [2.05, 4.69) is 58.7 Å². The van der Waals surface area contributed by atoms with Crippen LogP contribution in [0.5, 0.6) is 0 Å². The highest BCUT2D eigenvalue weighted by Crippen LogP contribution is 2.46. The zero-order valence-electron chi connectivity index (χ0n) is 18.4. The number of amides is 1. The lowest BCUT2D eigenvalue weighted by atomic mass is 9.91. The molecule has 1 aliphatic heterocycles. The highest BCUT2D eigenvalue weighted by atomic mass is 16.1. The van der Waals surface area contributed by atoms with Crippen molar-refractivity contribution in [2.24, 2.45) is 0 Å². The highest BCUT2D eigenvalue weighted by Gasteiger charge is 2.27. The number of hydrogen-bond acceptors (Lipinski definition) is 2. The molecule has 0 saturated carbocycles. The van der Waals surface area contributed by atoms with Crippen molar-refractivity contribution >= 4 is 5.91 Å². The molecular formula is C27H34N2O. The van der Waals surface area contributed by atoms with Crippen LogP contribution in [0.2, 0.25) is 0 Å². The Kier molecular flexibility index (Phi) is 6.69. The smallest absolute Gasteiger partial charge is 0.246 e. The Morgan fingerprint density at radius 3 is 2.20 bits per heavy atom. The van der Waals surface area contributed by atoms with Gasteiger partial charge in [0.15, 0.2) is 0 Å². The molecule has 3 heteroatoms. The first-order valence-electron chi connectivity index (χ1n) is 11.5. The number of likely N-dealkylation sites (tertiary alicyclic amines) is 1. The van der Waals surface area contributed by atoms with Crippen LogP contribution in [0.25, 0.3) is 11.1 Å². The predicted octanol–water partition coefficient (Wildman–Crippen LogP) is 5.52. The van der Waals surface area contributed by atoms with Crippen molar-refractivity contribution in [3.05, 3.63) is 71.3 Å². The summed E-state index contributed by atoms with van der Waals surface area (Å²) in [5.74, 6) is 0.640. The molecule has 1 N–H and O–H groups in total. The first-order chi connectivity index (χ1) is 14.7. The number of carbonyl (C=O) groups is 1. The number of hydrogen-bond donors (Lipinski definition) is 1. The maximum absolute atomic E-state index is 12.0. The Balaban J connectivity index is 1.23. The zero-order valence-corrected chi connectivity index (χ0v) is 18.4. The Hall–Kier alpha value is -2.39. The summed E-state index contributed by atoms with van der Waals surface area (Å²) in [6.07, 6.45) is 7.73. The van der Waals surface area contributed by atoms with Crippen molar-refractivity contribution in [3.8, 4) is 11.1 Å². The molecule has 1 amide bonds. The third kappa shape index (κ3) is 4.52. The number of fused-ring (bicyclic) bond motifs is 3. The molecule has 2 aromatic carbocycles. The fourth-order valence-corrected chi connectivity index (χ4v) is 4.99. The molecule has 2 aromatic rings. The fourth-order valence-electron chi connectivity index (χ4n) is 4.99. The van der Waals surface area contributed by atoms with Gasteiger partial charge in [-0.1, -0.05) is 61.0 Å². The molecule has 0 bridgehead atoms. The maximum Gasteiger partial charge on any atom is 0.246 e. The van der Waals surface area contributed by atoms with Gasteiger partial charge in [-0.2, -0.15) is 0 Å². The molecule has 2 aliphatic rings. The first-order valence-corrected chi connectivity index (χ1v) is 11.5. The monoisotopic (exact) mass is 402 g/mol. The second-order valence-electron chi connectivity index (χ2n) is 8.78. The SMILES string of the molecule is C/C=C(\C)C(=O)NC1CCN(CCCCC2c3ccccc3-c3ccccc32)CC1. The molecule has 0 aromatic heterocycles. The predicted molar refractivity (Wildman–Crippen MR) is 125 cm³/mol. The molecule has 30 heavy (non-hydrogen) atoms. The molecule has 4 rings (SSSR count). The summed E-state index contributed by atoms with van der Waals surface area (Å²) >= 11 is 0. The molecule has 0 atom stereocenters. The van der Waals surface area contributed by atoms with Gasteiger partial charge in [-0.25, -0.2) is 0 Å². The number of unbranched alkanes of at least 4 members (excludes halogenated alkanes) is 1. The number of allylic oxidation sites excluding steroid dienone is 1. The second kappa shape index (κ2) is 9.61. The lowest BCUT2D eigenvalue weighted by Crippen LogP contribution is -2.45. The Morgan fingerprint density at radius 2 is 1.60 bits per heavy atom. The standard InChI is InChI=1S/C27H34N2O/c1-3-20(2)27(30)28-21-15-18-29(19-16-21)17-9-8-14-26-24-12-6-4-10-22(24)23-11-5-7-13-25(23)26/h3-7,10-13,21,26H,8-9,14-19H2,1-2H3,(H,28,30)/b20-3+. The van der Waals surface area contributed by atoms with E-state index < -0.39 is 0 Å². The van der Waals surface area contributed by atoms with Crippen LogP contribution in [0.15, 0.2) is 60.2 Å². The van der Waals surface area contributed by atoms with E-state index in [0.717, 1.165) is 31.5 Å². The highest BCUT2D eigenvalue weighted by molar-refractivity contribution is 5.92. The van der Waals surface area contributed by atoms with Gasteiger partial charge in [-0.15, -0.1) is 0 Å². The van der Waals surface area contributed by atoms with Crippen molar-refractivity contribution in [1.82, 2.24) is 10.2 Å². The van der Waals surface area contributed by atoms with E-state index >= 15 is 0 Å². The second-order valence-corrected chi connectivity index (χ2v) is 8.78. The van der Waals surface area contributed by atoms with E-state index in [1.54, 1.807) is 0 Å². The van der Waals surface area contributed by atoms with Crippen LogP contribution in [0.3, 0.4) is 0 Å². The molecule has 1 heterocycles. The molecular weight excluding hydrogens is 368 g/mol. The van der Waals surface area contributed by atoms with E-state index in [-0.39, 0.29) is 5.91 Å². The summed E-state index contributed by atoms with van der Waals surface area (Å²) in [6.45, 7) is 7.15. The summed E-state index contributed by atoms with van der Waals surface area (Å²) in [6, 6.07) is 18.2. The number of nitrogens with zero attached hydrogens (tertiary/aromatic N) is 1. The normalized spacial score (nSPS) is 17.6. The zero-order chi connectivity index (χ0) is 20.9. The number of nitrogens with one attached hydrogen (secondary N) is 1. The van der Waals surface area contributed by atoms with E-state index in [0.29, 0.717) is 12.0 Å².